The van der Waals surface area contributed by atoms with Gasteiger partial charge in [-0.25, -0.2) is 18.4 Å². The number of nitrogens with one attached hydrogen (secondary N) is 1. The van der Waals surface area contributed by atoms with Gasteiger partial charge in [0.25, 0.3) is 0 Å². The molecule has 1 aliphatic carbocycles. The number of ether oxygens (including phenoxy) is 1. The first-order valence-corrected chi connectivity index (χ1v) is 13.9. The molecule has 4 rings (SSSR count). The van der Waals surface area contributed by atoms with E-state index in [9.17, 15) is 13.2 Å². The number of carbonyl (C=O) groups excluding carboxylic acids is 1. The lowest BCUT2D eigenvalue weighted by Gasteiger charge is -2.37. The number of hydrogen-bond donors (Lipinski definition) is 1. The number of H-pyrrole nitrogens is 1. The van der Waals surface area contributed by atoms with Crippen LogP contribution < -0.4 is 4.90 Å². The van der Waals surface area contributed by atoms with Crippen molar-refractivity contribution in [1.82, 2.24) is 19.3 Å². The first-order valence-electron chi connectivity index (χ1n) is 12.2. The number of aromatic amines is 1. The monoisotopic (exact) mass is 491 g/mol. The first-order chi connectivity index (χ1) is 16.0. The lowest BCUT2D eigenvalue weighted by molar-refractivity contribution is -0.160. The zero-order valence-corrected chi connectivity index (χ0v) is 21.5. The Morgan fingerprint density at radius 1 is 1.21 bits per heavy atom. The summed E-state index contributed by atoms with van der Waals surface area (Å²) in [5, 5.41) is 1.00. The van der Waals surface area contributed by atoms with Crippen LogP contribution in [0.15, 0.2) is 18.6 Å². The third-order valence-electron chi connectivity index (χ3n) is 7.10. The van der Waals surface area contributed by atoms with E-state index in [1.54, 1.807) is 10.6 Å². The molecule has 2 aliphatic rings. The average molecular weight is 492 g/mol. The predicted molar refractivity (Wildman–Crippen MR) is 132 cm³/mol. The number of esters is 1. The molecular formula is C24H37N5O4S. The molecule has 188 valence electrons. The average Bonchev–Trinajstić information content (AvgIpc) is 3.27. The van der Waals surface area contributed by atoms with E-state index in [2.05, 4.69) is 26.9 Å². The molecule has 2 aromatic rings. The number of carbonyl (C=O) groups is 1. The second-order valence-corrected chi connectivity index (χ2v) is 12.8. The highest BCUT2D eigenvalue weighted by Crippen LogP contribution is 2.33. The van der Waals surface area contributed by atoms with Crippen molar-refractivity contribution < 1.29 is 17.9 Å². The molecule has 1 aliphatic heterocycles. The third-order valence-corrected chi connectivity index (χ3v) is 9.11. The Hall–Kier alpha value is -2.20. The Bertz CT molecular complexity index is 1100. The maximum Gasteiger partial charge on any atom is 0.311 e. The highest BCUT2D eigenvalue weighted by molar-refractivity contribution is 7.89. The molecule has 0 unspecified atom stereocenters. The molecule has 1 saturated heterocycles. The summed E-state index contributed by atoms with van der Waals surface area (Å²) in [5.41, 5.74) is 0.232. The van der Waals surface area contributed by atoms with Crippen LogP contribution in [0, 0.1) is 11.3 Å². The van der Waals surface area contributed by atoms with Crippen molar-refractivity contribution in [1.29, 1.82) is 0 Å². The summed E-state index contributed by atoms with van der Waals surface area (Å²) in [6, 6.07) is 2.31. The Morgan fingerprint density at radius 3 is 2.65 bits per heavy atom. The summed E-state index contributed by atoms with van der Waals surface area (Å²) in [6.45, 7) is 6.21. The van der Waals surface area contributed by atoms with Gasteiger partial charge in [-0.15, -0.1) is 0 Å². The SMILES string of the molecule is CN(c1ncnc2[nH]ccc12)C1CCC(CS(=O)(=O)N2CCC[C@@H](OC(=O)C(C)(C)C)C2)CC1. The van der Waals surface area contributed by atoms with Crippen LogP contribution in [-0.2, 0) is 19.6 Å². The molecule has 2 fully saturated rings. The summed E-state index contributed by atoms with van der Waals surface area (Å²) in [6.07, 6.45) is 8.10. The minimum absolute atomic E-state index is 0.143. The van der Waals surface area contributed by atoms with Crippen LogP contribution in [0.1, 0.15) is 59.3 Å². The summed E-state index contributed by atoms with van der Waals surface area (Å²) in [5.74, 6) is 0.940. The third kappa shape index (κ3) is 5.54. The number of rotatable bonds is 6. The lowest BCUT2D eigenvalue weighted by atomic mass is 9.86. The van der Waals surface area contributed by atoms with Crippen LogP contribution in [0.4, 0.5) is 5.82 Å². The van der Waals surface area contributed by atoms with E-state index in [0.717, 1.165) is 42.5 Å². The summed E-state index contributed by atoms with van der Waals surface area (Å²) < 4.78 is 33.5. The van der Waals surface area contributed by atoms with Gasteiger partial charge in [-0.1, -0.05) is 0 Å². The van der Waals surface area contributed by atoms with Crippen LogP contribution in [0.25, 0.3) is 11.0 Å². The largest absolute Gasteiger partial charge is 0.461 e. The zero-order chi connectivity index (χ0) is 24.5. The zero-order valence-electron chi connectivity index (χ0n) is 20.7. The van der Waals surface area contributed by atoms with Crippen molar-refractivity contribution >= 4 is 32.8 Å². The van der Waals surface area contributed by atoms with E-state index in [1.807, 2.05) is 33.0 Å². The molecule has 2 aromatic heterocycles. The predicted octanol–water partition coefficient (Wildman–Crippen LogP) is 3.34. The highest BCUT2D eigenvalue weighted by Gasteiger charge is 2.35. The molecular weight excluding hydrogens is 454 g/mol. The summed E-state index contributed by atoms with van der Waals surface area (Å²) in [4.78, 5) is 26.3. The fourth-order valence-electron chi connectivity index (χ4n) is 5.00. The van der Waals surface area contributed by atoms with Crippen molar-refractivity contribution in [3.8, 4) is 0 Å². The van der Waals surface area contributed by atoms with E-state index in [1.165, 1.54) is 0 Å². The van der Waals surface area contributed by atoms with Gasteiger partial charge < -0.3 is 14.6 Å². The Morgan fingerprint density at radius 2 is 1.94 bits per heavy atom. The van der Waals surface area contributed by atoms with Gasteiger partial charge in [-0.05, 0) is 71.3 Å². The summed E-state index contributed by atoms with van der Waals surface area (Å²) in [7, 11) is -1.34. The van der Waals surface area contributed by atoms with Gasteiger partial charge in [0, 0.05) is 25.8 Å². The number of sulfonamides is 1. The molecule has 0 spiro atoms. The van der Waals surface area contributed by atoms with Crippen LogP contribution in [0.2, 0.25) is 0 Å². The molecule has 34 heavy (non-hydrogen) atoms. The second-order valence-electron chi connectivity index (χ2n) is 10.8. The van der Waals surface area contributed by atoms with Gasteiger partial charge >= 0.3 is 5.97 Å². The Labute approximate surface area is 202 Å². The lowest BCUT2D eigenvalue weighted by Crippen LogP contribution is -2.46. The molecule has 10 heteroatoms. The number of nitrogens with zero attached hydrogens (tertiary/aromatic N) is 4. The van der Waals surface area contributed by atoms with Gasteiger partial charge in [0.15, 0.2) is 0 Å². The number of anilines is 1. The van der Waals surface area contributed by atoms with E-state index in [4.69, 9.17) is 4.74 Å². The maximum absolute atomic E-state index is 13.2. The van der Waals surface area contributed by atoms with Gasteiger partial charge in [-0.2, -0.15) is 4.31 Å². The quantitative estimate of drug-likeness (QED) is 0.617. The molecule has 1 N–H and O–H groups in total. The number of fused-ring (bicyclic) bond motifs is 1. The molecule has 0 radical (unpaired) electrons. The second kappa shape index (κ2) is 9.81. The van der Waals surface area contributed by atoms with Crippen molar-refractivity contribution in [2.45, 2.75) is 71.4 Å². The van der Waals surface area contributed by atoms with Crippen LogP contribution in [0.3, 0.4) is 0 Å². The minimum Gasteiger partial charge on any atom is -0.461 e. The van der Waals surface area contributed by atoms with E-state index >= 15 is 0 Å². The number of hydrogen-bond acceptors (Lipinski definition) is 7. The fraction of sp³-hybridized carbons (Fsp3) is 0.708. The van der Waals surface area contributed by atoms with E-state index in [-0.39, 0.29) is 30.3 Å². The van der Waals surface area contributed by atoms with Gasteiger partial charge in [-0.3, -0.25) is 4.79 Å². The molecule has 0 aromatic carbocycles. The maximum atomic E-state index is 13.2. The molecule has 3 heterocycles. The van der Waals surface area contributed by atoms with Crippen molar-refractivity contribution in [3.63, 3.8) is 0 Å². The molecule has 0 amide bonds. The fourth-order valence-corrected chi connectivity index (χ4v) is 6.94. The molecule has 0 bridgehead atoms. The minimum atomic E-state index is -3.39. The summed E-state index contributed by atoms with van der Waals surface area (Å²) >= 11 is 0. The van der Waals surface area contributed by atoms with Gasteiger partial charge in [0.05, 0.1) is 23.1 Å². The van der Waals surface area contributed by atoms with Crippen LogP contribution in [0.5, 0.6) is 0 Å². The molecule has 1 saturated carbocycles. The first kappa shape index (κ1) is 24.9. The normalized spacial score (nSPS) is 24.8. The topological polar surface area (TPSA) is 108 Å². The Balaban J connectivity index is 1.31. The molecule has 9 nitrogen and oxygen atoms in total. The van der Waals surface area contributed by atoms with Gasteiger partial charge in [0.1, 0.15) is 23.9 Å². The van der Waals surface area contributed by atoms with Gasteiger partial charge in [0.2, 0.25) is 10.0 Å². The smallest absolute Gasteiger partial charge is 0.311 e. The van der Waals surface area contributed by atoms with Crippen LogP contribution in [-0.4, -0.2) is 71.7 Å². The van der Waals surface area contributed by atoms with E-state index in [0.29, 0.717) is 25.4 Å². The van der Waals surface area contributed by atoms with Crippen molar-refractivity contribution in [3.05, 3.63) is 18.6 Å². The van der Waals surface area contributed by atoms with Crippen molar-refractivity contribution in [2.75, 3.05) is 30.8 Å². The standard InChI is InChI=1S/C24H37N5O4S/c1-24(2,3)23(30)33-19-6-5-13-29(14-19)34(31,32)15-17-7-9-18(10-8-17)28(4)22-20-11-12-25-21(20)26-16-27-22/h11-12,16-19H,5-10,13-15H2,1-4H3,(H,25,26,27)/t17?,18?,19-/m1/s1. The van der Waals surface area contributed by atoms with E-state index < -0.39 is 15.4 Å². The Kier molecular flexibility index (Phi) is 7.19. The number of aromatic nitrogens is 3. The van der Waals surface area contributed by atoms with Crippen molar-refractivity contribution in [2.24, 2.45) is 11.3 Å². The van der Waals surface area contributed by atoms with Crippen LogP contribution >= 0.6 is 0 Å². The highest BCUT2D eigenvalue weighted by atomic mass is 32.2. The number of piperidine rings is 1. The molecule has 1 atom stereocenters.